The van der Waals surface area contributed by atoms with Crippen molar-refractivity contribution in [3.8, 4) is 0 Å². The van der Waals surface area contributed by atoms with Crippen LogP contribution in [-0.4, -0.2) is 36.0 Å². The van der Waals surface area contributed by atoms with E-state index in [1.165, 1.54) is 10.5 Å². The molecule has 3 fully saturated rings. The van der Waals surface area contributed by atoms with Gasteiger partial charge < -0.3 is 20.1 Å². The van der Waals surface area contributed by atoms with Gasteiger partial charge in [0.25, 0.3) is 0 Å². The van der Waals surface area contributed by atoms with E-state index >= 15 is 0 Å². The van der Waals surface area contributed by atoms with Gasteiger partial charge in [0.1, 0.15) is 0 Å². The van der Waals surface area contributed by atoms with Crippen LogP contribution in [0.3, 0.4) is 0 Å². The number of carbonyl (C=O) groups excluding carboxylic acids is 2. The summed E-state index contributed by atoms with van der Waals surface area (Å²) in [6, 6.07) is 9.40. The normalized spacial score (nSPS) is 33.0. The molecule has 122 valence electrons. The molecule has 24 heavy (non-hydrogen) atoms. The summed E-state index contributed by atoms with van der Waals surface area (Å²) in [5, 5.41) is 14.2. The van der Waals surface area contributed by atoms with Crippen molar-refractivity contribution in [2.24, 2.45) is 17.8 Å². The summed E-state index contributed by atoms with van der Waals surface area (Å²) in [5.74, 6) is 0.312. The van der Waals surface area contributed by atoms with Gasteiger partial charge in [-0.15, -0.1) is 0 Å². The van der Waals surface area contributed by atoms with Gasteiger partial charge in [-0.1, -0.05) is 30.3 Å². The van der Waals surface area contributed by atoms with E-state index in [1.807, 2.05) is 18.2 Å². The minimum absolute atomic E-state index is 0. The summed E-state index contributed by atoms with van der Waals surface area (Å²) in [4.78, 5) is 25.1. The third-order valence-corrected chi connectivity index (χ3v) is 5.81. The van der Waals surface area contributed by atoms with Crippen molar-refractivity contribution in [3.05, 3.63) is 35.9 Å². The molecule has 1 heterocycles. The molecule has 0 bridgehead atoms. The van der Waals surface area contributed by atoms with Crippen LogP contribution in [0.15, 0.2) is 30.3 Å². The summed E-state index contributed by atoms with van der Waals surface area (Å²) in [5.41, 5.74) is 1.33. The Morgan fingerprint density at radius 1 is 1.21 bits per heavy atom. The second-order valence-corrected chi connectivity index (χ2v) is 7.12. The van der Waals surface area contributed by atoms with E-state index < -0.39 is 12.0 Å². The van der Waals surface area contributed by atoms with Crippen LogP contribution < -0.4 is 61.8 Å². The predicted molar refractivity (Wildman–Crippen MR) is 82.4 cm³/mol. The Morgan fingerprint density at radius 3 is 2.58 bits per heavy atom. The van der Waals surface area contributed by atoms with Crippen LogP contribution in [0.5, 0.6) is 0 Å². The summed E-state index contributed by atoms with van der Waals surface area (Å²) in [7, 11) is 0. The number of rotatable bonds is 4. The number of hydrogen-bond donors (Lipinski definition) is 1. The average molecular weight is 352 g/mol. The number of nitrogens with one attached hydrogen (secondary N) is 1. The van der Waals surface area contributed by atoms with Gasteiger partial charge in [0.15, 0.2) is 0 Å². The van der Waals surface area contributed by atoms with Crippen molar-refractivity contribution >= 4 is 12.0 Å². The molecule has 1 N–H and O–H groups in total. The van der Waals surface area contributed by atoms with Crippen molar-refractivity contribution in [1.29, 1.82) is 0 Å². The van der Waals surface area contributed by atoms with Gasteiger partial charge in [0, 0.05) is 13.1 Å². The van der Waals surface area contributed by atoms with Gasteiger partial charge in [-0.2, -0.15) is 0 Å². The van der Waals surface area contributed by atoms with Crippen molar-refractivity contribution in [3.63, 3.8) is 0 Å². The summed E-state index contributed by atoms with van der Waals surface area (Å²) >= 11 is 0. The minimum atomic E-state index is -1.11. The number of amides is 2. The zero-order valence-corrected chi connectivity index (χ0v) is 17.1. The van der Waals surface area contributed by atoms with E-state index in [4.69, 9.17) is 0 Å². The molecule has 2 saturated carbocycles. The molecule has 3 aliphatic rings. The summed E-state index contributed by atoms with van der Waals surface area (Å²) in [6.07, 6.45) is 3.18. The van der Waals surface area contributed by atoms with E-state index in [0.717, 1.165) is 19.3 Å². The molecule has 5 atom stereocenters. The topological polar surface area (TPSA) is 72.5 Å². The van der Waals surface area contributed by atoms with Crippen molar-refractivity contribution < 1.29 is 66.1 Å². The molecule has 2 unspecified atom stereocenters. The smallest absolute Gasteiger partial charge is 0.548 e. The number of nitrogens with zero attached hydrogens (tertiary/aromatic N) is 1. The van der Waals surface area contributed by atoms with Gasteiger partial charge in [0.2, 0.25) is 0 Å². The van der Waals surface area contributed by atoms with Crippen LogP contribution in [0.4, 0.5) is 4.79 Å². The Balaban J connectivity index is 0.00000169. The second kappa shape index (κ2) is 7.46. The fraction of sp³-hybridized carbons (Fsp3) is 0.556. The predicted octanol–water partition coefficient (Wildman–Crippen LogP) is -2.04. The van der Waals surface area contributed by atoms with Gasteiger partial charge in [0.05, 0.1) is 12.0 Å². The number of likely N-dealkylation sites (tertiary alicyclic amines) is 1. The maximum absolute atomic E-state index is 12.3. The van der Waals surface area contributed by atoms with Crippen LogP contribution in [0.1, 0.15) is 30.7 Å². The molecule has 1 aliphatic heterocycles. The van der Waals surface area contributed by atoms with E-state index in [1.54, 1.807) is 0 Å². The van der Waals surface area contributed by atoms with Gasteiger partial charge >= 0.3 is 57.4 Å². The molecule has 2 amide bonds. The number of piperidine rings is 1. The zero-order chi connectivity index (χ0) is 16.0. The Morgan fingerprint density at radius 2 is 1.96 bits per heavy atom. The Bertz CT molecular complexity index is 624. The molecule has 1 aromatic rings. The number of carbonyl (C=O) groups is 2. The molecule has 2 aliphatic carbocycles. The standard InChI is InChI=1S/C18H22N2O3.K/c21-17(22)16-15-8-13(15)10-20(16)18(23)19-9-12-6-7-14(12)11-4-2-1-3-5-11;/h1-5,12-16H,6-10H2,(H,19,23)(H,21,22);/q;+1/p-1/t12?,13-,14?,15-,16+;/m1./s1. The monoisotopic (exact) mass is 352 g/mol. The molecule has 0 radical (unpaired) electrons. The molecule has 1 saturated heterocycles. The molecule has 5 nitrogen and oxygen atoms in total. The Kier molecular flexibility index (Phi) is 5.71. The fourth-order valence-corrected chi connectivity index (χ4v) is 4.25. The molecule has 1 aromatic carbocycles. The first-order valence-electron chi connectivity index (χ1n) is 8.45. The number of carboxylic acids is 1. The SMILES string of the molecule is O=C([O-])[C@@H]1[C@@H]2C[C@@H]2CN1C(=O)NCC1CCC1c1ccccc1.[K+]. The molecular formula is C18H21KN2O3. The average Bonchev–Trinajstić information content (AvgIpc) is 3.16. The quantitative estimate of drug-likeness (QED) is 0.635. The first kappa shape index (κ1) is 18.4. The molecule has 4 rings (SSSR count). The summed E-state index contributed by atoms with van der Waals surface area (Å²) < 4.78 is 0. The Hall–Kier alpha value is -0.404. The number of aliphatic carboxylic acids is 1. The fourth-order valence-electron chi connectivity index (χ4n) is 4.25. The molecular weight excluding hydrogens is 331 g/mol. The van der Waals surface area contributed by atoms with E-state index in [-0.39, 0.29) is 63.3 Å². The van der Waals surface area contributed by atoms with Crippen molar-refractivity contribution in [1.82, 2.24) is 10.2 Å². The molecule has 0 aromatic heterocycles. The molecule has 0 spiro atoms. The van der Waals surface area contributed by atoms with Crippen molar-refractivity contribution in [2.45, 2.75) is 31.2 Å². The number of hydrogen-bond acceptors (Lipinski definition) is 3. The Labute approximate surface area is 184 Å². The zero-order valence-electron chi connectivity index (χ0n) is 14.0. The van der Waals surface area contributed by atoms with Crippen LogP contribution >= 0.6 is 0 Å². The number of fused-ring (bicyclic) bond motifs is 1. The van der Waals surface area contributed by atoms with E-state index in [0.29, 0.717) is 30.8 Å². The van der Waals surface area contributed by atoms with E-state index in [2.05, 4.69) is 17.4 Å². The maximum Gasteiger partial charge on any atom is 1.00 e. The van der Waals surface area contributed by atoms with E-state index in [9.17, 15) is 14.7 Å². The second-order valence-electron chi connectivity index (χ2n) is 7.12. The van der Waals surface area contributed by atoms with Crippen LogP contribution in [0.25, 0.3) is 0 Å². The van der Waals surface area contributed by atoms with Crippen LogP contribution in [0, 0.1) is 17.8 Å². The minimum Gasteiger partial charge on any atom is -0.548 e. The van der Waals surface area contributed by atoms with Crippen molar-refractivity contribution in [2.75, 3.05) is 13.1 Å². The first-order valence-corrected chi connectivity index (χ1v) is 8.45. The van der Waals surface area contributed by atoms with Crippen LogP contribution in [-0.2, 0) is 4.79 Å². The summed E-state index contributed by atoms with van der Waals surface area (Å²) in [6.45, 7) is 1.17. The van der Waals surface area contributed by atoms with Gasteiger partial charge in [-0.25, -0.2) is 4.79 Å². The van der Waals surface area contributed by atoms with Gasteiger partial charge in [-0.3, -0.25) is 0 Å². The largest absolute Gasteiger partial charge is 1.00 e. The number of benzene rings is 1. The maximum atomic E-state index is 12.3. The third-order valence-electron chi connectivity index (χ3n) is 5.81. The van der Waals surface area contributed by atoms with Crippen LogP contribution in [0.2, 0.25) is 0 Å². The number of urea groups is 1. The number of carboxylic acid groups (broad SMARTS) is 1. The van der Waals surface area contributed by atoms with Gasteiger partial charge in [-0.05, 0) is 48.5 Å². The first-order chi connectivity index (χ1) is 11.1. The molecule has 6 heteroatoms. The third kappa shape index (κ3) is 3.44.